The molecule has 0 spiro atoms. The number of amides is 1. The molecule has 6 heteroatoms. The normalized spacial score (nSPS) is 22.3. The van der Waals surface area contributed by atoms with Crippen LogP contribution in [-0.4, -0.2) is 37.5 Å². The van der Waals surface area contributed by atoms with E-state index in [0.29, 0.717) is 18.7 Å². The van der Waals surface area contributed by atoms with E-state index < -0.39 is 5.60 Å². The van der Waals surface area contributed by atoms with Crippen LogP contribution in [-0.2, 0) is 11.3 Å². The Morgan fingerprint density at radius 3 is 3.15 bits per heavy atom. The highest BCUT2D eigenvalue weighted by atomic mass is 32.2. The third-order valence-corrected chi connectivity index (χ3v) is 4.77. The van der Waals surface area contributed by atoms with Crippen LogP contribution in [0.15, 0.2) is 24.4 Å². The highest BCUT2D eigenvalue weighted by Crippen LogP contribution is 2.27. The van der Waals surface area contributed by atoms with E-state index in [1.165, 1.54) is 0 Å². The van der Waals surface area contributed by atoms with Crippen LogP contribution < -0.4 is 5.32 Å². The van der Waals surface area contributed by atoms with Gasteiger partial charge in [-0.05, 0) is 31.2 Å². The maximum absolute atomic E-state index is 12.0. The summed E-state index contributed by atoms with van der Waals surface area (Å²) in [6.07, 6.45) is 2.44. The molecule has 1 aliphatic rings. The topological polar surface area (TPSA) is 66.6 Å². The lowest BCUT2D eigenvalue weighted by Gasteiger charge is -2.19. The molecule has 0 radical (unpaired) electrons. The number of hydrogen-bond donors (Lipinski definition) is 2. The van der Waals surface area contributed by atoms with E-state index in [2.05, 4.69) is 10.3 Å². The van der Waals surface area contributed by atoms with Gasteiger partial charge in [0.25, 0.3) is 5.91 Å². The van der Waals surface area contributed by atoms with Crippen molar-refractivity contribution >= 4 is 23.3 Å². The molecule has 2 N–H and O–H groups in total. The predicted octanol–water partition coefficient (Wildman–Crippen LogP) is 1.13. The number of aryl methyl sites for hydroxylation is 1. The number of nitrogens with one attached hydrogen (secondary N) is 1. The summed E-state index contributed by atoms with van der Waals surface area (Å²) >= 11 is 1.61. The van der Waals surface area contributed by atoms with Crippen LogP contribution in [0.5, 0.6) is 0 Å². The Morgan fingerprint density at radius 1 is 1.60 bits per heavy atom. The zero-order valence-electron chi connectivity index (χ0n) is 11.3. The highest BCUT2D eigenvalue weighted by molar-refractivity contribution is 7.99. The van der Waals surface area contributed by atoms with Crippen molar-refractivity contribution in [3.63, 3.8) is 0 Å². The molecular formula is C14H17N3O2S. The van der Waals surface area contributed by atoms with Gasteiger partial charge in [0.1, 0.15) is 5.65 Å². The number of fused-ring (bicyclic) bond motifs is 1. The van der Waals surface area contributed by atoms with E-state index in [1.54, 1.807) is 11.8 Å². The van der Waals surface area contributed by atoms with E-state index in [4.69, 9.17) is 0 Å². The second-order valence-electron chi connectivity index (χ2n) is 5.14. The van der Waals surface area contributed by atoms with Crippen molar-refractivity contribution in [3.05, 3.63) is 35.8 Å². The number of nitrogens with zero attached hydrogens (tertiary/aromatic N) is 2. The van der Waals surface area contributed by atoms with Crippen LogP contribution in [0.4, 0.5) is 0 Å². The first kappa shape index (κ1) is 13.5. The average Bonchev–Trinajstić information content (AvgIpc) is 3.04. The molecule has 0 aliphatic carbocycles. The van der Waals surface area contributed by atoms with Gasteiger partial charge in [0, 0.05) is 17.6 Å². The molecule has 3 rings (SSSR count). The van der Waals surface area contributed by atoms with Gasteiger partial charge >= 0.3 is 0 Å². The van der Waals surface area contributed by atoms with Crippen LogP contribution in [0.3, 0.4) is 0 Å². The van der Waals surface area contributed by atoms with E-state index in [9.17, 15) is 9.90 Å². The van der Waals surface area contributed by atoms with Crippen LogP contribution >= 0.6 is 11.8 Å². The molecule has 1 aliphatic heterocycles. The molecule has 1 atom stereocenters. The van der Waals surface area contributed by atoms with Crippen molar-refractivity contribution in [3.8, 4) is 0 Å². The van der Waals surface area contributed by atoms with Crippen molar-refractivity contribution < 1.29 is 9.90 Å². The van der Waals surface area contributed by atoms with Crippen molar-refractivity contribution in [2.75, 3.05) is 11.5 Å². The number of thioether (sulfide) groups is 1. The molecule has 1 unspecified atom stereocenters. The van der Waals surface area contributed by atoms with Gasteiger partial charge in [-0.25, -0.2) is 4.98 Å². The summed E-state index contributed by atoms with van der Waals surface area (Å²) in [6, 6.07) is 5.90. The Bertz CT molecular complexity index is 647. The van der Waals surface area contributed by atoms with Crippen molar-refractivity contribution in [2.45, 2.75) is 25.5 Å². The second kappa shape index (κ2) is 5.10. The van der Waals surface area contributed by atoms with Crippen molar-refractivity contribution in [1.29, 1.82) is 0 Å². The summed E-state index contributed by atoms with van der Waals surface area (Å²) in [7, 11) is 0. The molecule has 1 saturated heterocycles. The van der Waals surface area contributed by atoms with Gasteiger partial charge in [0.15, 0.2) is 5.60 Å². The molecule has 2 aromatic rings. The number of imidazole rings is 1. The Hall–Kier alpha value is -1.53. The monoisotopic (exact) mass is 291 g/mol. The van der Waals surface area contributed by atoms with Gasteiger partial charge in [-0.1, -0.05) is 6.07 Å². The van der Waals surface area contributed by atoms with E-state index in [-0.39, 0.29) is 5.91 Å². The summed E-state index contributed by atoms with van der Waals surface area (Å²) in [5, 5.41) is 12.9. The maximum atomic E-state index is 12.0. The maximum Gasteiger partial charge on any atom is 0.253 e. The zero-order chi connectivity index (χ0) is 14.2. The second-order valence-corrected chi connectivity index (χ2v) is 6.25. The number of pyridine rings is 1. The Balaban J connectivity index is 1.71. The molecule has 0 aromatic carbocycles. The number of hydrogen-bond acceptors (Lipinski definition) is 4. The third kappa shape index (κ3) is 2.41. The third-order valence-electron chi connectivity index (χ3n) is 3.60. The average molecular weight is 291 g/mol. The van der Waals surface area contributed by atoms with Gasteiger partial charge in [-0.2, -0.15) is 11.8 Å². The lowest BCUT2D eigenvalue weighted by molar-refractivity contribution is -0.137. The summed E-state index contributed by atoms with van der Waals surface area (Å²) in [4.78, 5) is 16.5. The molecule has 2 aromatic heterocycles. The van der Waals surface area contributed by atoms with Crippen LogP contribution in [0.25, 0.3) is 5.65 Å². The summed E-state index contributed by atoms with van der Waals surface area (Å²) in [5.74, 6) is 1.01. The fourth-order valence-electron chi connectivity index (χ4n) is 2.35. The Morgan fingerprint density at radius 2 is 2.45 bits per heavy atom. The molecule has 5 nitrogen and oxygen atoms in total. The molecule has 3 heterocycles. The lowest BCUT2D eigenvalue weighted by Crippen LogP contribution is -2.46. The SMILES string of the molecule is Cc1cccc2nc(CNC(=O)C3(O)CCSC3)cn12. The van der Waals surface area contributed by atoms with Gasteiger partial charge in [0.05, 0.1) is 12.2 Å². The van der Waals surface area contributed by atoms with Crippen molar-refractivity contribution in [1.82, 2.24) is 14.7 Å². The fourth-order valence-corrected chi connectivity index (χ4v) is 3.59. The summed E-state index contributed by atoms with van der Waals surface area (Å²) in [5.41, 5.74) is 1.55. The number of carbonyl (C=O) groups is 1. The first-order valence-corrected chi connectivity index (χ1v) is 7.76. The lowest BCUT2D eigenvalue weighted by atomic mass is 10.0. The van der Waals surface area contributed by atoms with Gasteiger partial charge in [-0.15, -0.1) is 0 Å². The van der Waals surface area contributed by atoms with Gasteiger partial charge in [0.2, 0.25) is 0 Å². The van der Waals surface area contributed by atoms with E-state index in [0.717, 1.165) is 22.8 Å². The van der Waals surface area contributed by atoms with Crippen LogP contribution in [0.1, 0.15) is 17.8 Å². The van der Waals surface area contributed by atoms with Gasteiger partial charge in [-0.3, -0.25) is 4.79 Å². The highest BCUT2D eigenvalue weighted by Gasteiger charge is 2.39. The first-order chi connectivity index (χ1) is 9.58. The zero-order valence-corrected chi connectivity index (χ0v) is 12.1. The quantitative estimate of drug-likeness (QED) is 0.889. The molecule has 20 heavy (non-hydrogen) atoms. The minimum absolute atomic E-state index is 0.295. The predicted molar refractivity (Wildman–Crippen MR) is 78.7 cm³/mol. The molecule has 1 amide bonds. The number of carbonyl (C=O) groups excluding carboxylic acids is 1. The number of rotatable bonds is 3. The number of aromatic nitrogens is 2. The molecule has 0 saturated carbocycles. The Kier molecular flexibility index (Phi) is 3.43. The first-order valence-electron chi connectivity index (χ1n) is 6.60. The standard InChI is InChI=1S/C14H17N3O2S/c1-10-3-2-4-12-16-11(8-17(10)12)7-15-13(18)14(19)5-6-20-9-14/h2-4,8,19H,5-7,9H2,1H3,(H,15,18). The number of aliphatic hydroxyl groups is 1. The molecule has 0 bridgehead atoms. The Labute approximate surface area is 121 Å². The summed E-state index contributed by atoms with van der Waals surface area (Å²) < 4.78 is 1.99. The minimum atomic E-state index is -1.21. The molecule has 106 valence electrons. The fraction of sp³-hybridized carbons (Fsp3) is 0.429. The smallest absolute Gasteiger partial charge is 0.253 e. The molecule has 1 fully saturated rings. The van der Waals surface area contributed by atoms with Crippen molar-refractivity contribution in [2.24, 2.45) is 0 Å². The van der Waals surface area contributed by atoms with Crippen LogP contribution in [0, 0.1) is 6.92 Å². The van der Waals surface area contributed by atoms with E-state index >= 15 is 0 Å². The van der Waals surface area contributed by atoms with Gasteiger partial charge < -0.3 is 14.8 Å². The minimum Gasteiger partial charge on any atom is -0.379 e. The molecular weight excluding hydrogens is 274 g/mol. The largest absolute Gasteiger partial charge is 0.379 e. The van der Waals surface area contributed by atoms with E-state index in [1.807, 2.05) is 35.7 Å². The van der Waals surface area contributed by atoms with Crippen LogP contribution in [0.2, 0.25) is 0 Å². The summed E-state index contributed by atoms with van der Waals surface area (Å²) in [6.45, 7) is 2.35.